The van der Waals surface area contributed by atoms with Crippen LogP contribution < -0.4 is 4.74 Å². The van der Waals surface area contributed by atoms with Crippen LogP contribution in [0.4, 0.5) is 0 Å². The van der Waals surface area contributed by atoms with Gasteiger partial charge < -0.3 is 9.47 Å². The molecule has 0 heterocycles. The zero-order valence-electron chi connectivity index (χ0n) is 12.0. The van der Waals surface area contributed by atoms with Gasteiger partial charge in [-0.15, -0.1) is 0 Å². The lowest BCUT2D eigenvalue weighted by Gasteiger charge is -2.27. The van der Waals surface area contributed by atoms with Gasteiger partial charge in [0.25, 0.3) is 0 Å². The predicted molar refractivity (Wildman–Crippen MR) is 78.7 cm³/mol. The number of benzene rings is 1. The van der Waals surface area contributed by atoms with Crippen molar-refractivity contribution in [3.63, 3.8) is 0 Å². The third kappa shape index (κ3) is 4.10. The molecule has 0 radical (unpaired) electrons. The summed E-state index contributed by atoms with van der Waals surface area (Å²) in [6.07, 6.45) is 9.63. The van der Waals surface area contributed by atoms with Gasteiger partial charge in [-0.1, -0.05) is 24.3 Å². The summed E-state index contributed by atoms with van der Waals surface area (Å²) in [5.74, 6) is 2.41. The van der Waals surface area contributed by atoms with Crippen molar-refractivity contribution >= 4 is 0 Å². The van der Waals surface area contributed by atoms with Crippen LogP contribution in [0, 0.1) is 5.92 Å². The van der Waals surface area contributed by atoms with E-state index in [0.29, 0.717) is 0 Å². The fourth-order valence-electron chi connectivity index (χ4n) is 2.87. The van der Waals surface area contributed by atoms with Crippen LogP contribution in [-0.4, -0.2) is 20.8 Å². The number of methoxy groups -OCH3 is 2. The third-order valence-electron chi connectivity index (χ3n) is 4.03. The van der Waals surface area contributed by atoms with Gasteiger partial charge >= 0.3 is 0 Å². The van der Waals surface area contributed by atoms with E-state index in [4.69, 9.17) is 9.47 Å². The Morgan fingerprint density at radius 2 is 1.74 bits per heavy atom. The van der Waals surface area contributed by atoms with Crippen LogP contribution in [0.1, 0.15) is 37.2 Å². The molecule has 1 aliphatic carbocycles. The van der Waals surface area contributed by atoms with Gasteiger partial charge in [0, 0.05) is 7.11 Å². The Morgan fingerprint density at radius 3 is 2.32 bits per heavy atom. The minimum atomic E-state index is 0.720. The molecule has 2 rings (SSSR count). The largest absolute Gasteiger partial charge is 0.497 e. The Balaban J connectivity index is 1.85. The van der Waals surface area contributed by atoms with Crippen molar-refractivity contribution in [2.24, 2.45) is 5.92 Å². The van der Waals surface area contributed by atoms with E-state index in [2.05, 4.69) is 36.4 Å². The number of hydrogen-bond donors (Lipinski definition) is 0. The first-order valence-corrected chi connectivity index (χ1v) is 7.13. The third-order valence-corrected chi connectivity index (χ3v) is 4.03. The van der Waals surface area contributed by atoms with Crippen molar-refractivity contribution in [2.45, 2.75) is 31.6 Å². The fraction of sp³-hybridized carbons (Fsp3) is 0.529. The average molecular weight is 260 g/mol. The van der Waals surface area contributed by atoms with Crippen molar-refractivity contribution in [3.8, 4) is 5.75 Å². The van der Waals surface area contributed by atoms with E-state index in [0.717, 1.165) is 24.2 Å². The lowest BCUT2D eigenvalue weighted by molar-refractivity contribution is 0.233. The summed E-state index contributed by atoms with van der Waals surface area (Å²) in [5.41, 5.74) is 1.46. The molecule has 1 aromatic carbocycles. The zero-order chi connectivity index (χ0) is 13.5. The summed E-state index contributed by atoms with van der Waals surface area (Å²) in [5, 5.41) is 0. The standard InChI is InChI=1S/C17H24O2/c1-18-13-3-4-14-5-7-15(8-6-14)16-9-11-17(19-2)12-10-16/h3-4,9-12,14-15H,5-8,13H2,1-2H3. The Kier molecular flexibility index (Phi) is 5.46. The molecule has 2 heteroatoms. The van der Waals surface area contributed by atoms with Crippen LogP contribution in [0.2, 0.25) is 0 Å². The molecule has 1 fully saturated rings. The molecule has 1 saturated carbocycles. The summed E-state index contributed by atoms with van der Waals surface area (Å²) in [6, 6.07) is 8.56. The minimum absolute atomic E-state index is 0.720. The Labute approximate surface area is 116 Å². The van der Waals surface area contributed by atoms with Gasteiger partial charge in [-0.2, -0.15) is 0 Å². The monoisotopic (exact) mass is 260 g/mol. The molecule has 0 unspecified atom stereocenters. The van der Waals surface area contributed by atoms with Crippen molar-refractivity contribution in [1.29, 1.82) is 0 Å². The van der Waals surface area contributed by atoms with E-state index >= 15 is 0 Å². The van der Waals surface area contributed by atoms with Gasteiger partial charge in [0.05, 0.1) is 13.7 Å². The highest BCUT2D eigenvalue weighted by atomic mass is 16.5. The van der Waals surface area contributed by atoms with Crippen LogP contribution in [0.15, 0.2) is 36.4 Å². The molecule has 0 saturated heterocycles. The molecule has 104 valence electrons. The van der Waals surface area contributed by atoms with E-state index < -0.39 is 0 Å². The molecule has 1 aromatic rings. The van der Waals surface area contributed by atoms with Gasteiger partial charge in [-0.05, 0) is 55.2 Å². The highest BCUT2D eigenvalue weighted by molar-refractivity contribution is 5.29. The second-order valence-electron chi connectivity index (χ2n) is 5.27. The second-order valence-corrected chi connectivity index (χ2v) is 5.27. The summed E-state index contributed by atoms with van der Waals surface area (Å²) < 4.78 is 10.3. The SMILES string of the molecule is COCC=CC1CCC(c2ccc(OC)cc2)CC1. The second kappa shape index (κ2) is 7.34. The van der Waals surface area contributed by atoms with Crippen molar-refractivity contribution in [3.05, 3.63) is 42.0 Å². The van der Waals surface area contributed by atoms with Gasteiger partial charge in [0.15, 0.2) is 0 Å². The Bertz CT molecular complexity index is 386. The smallest absolute Gasteiger partial charge is 0.118 e. The lowest BCUT2D eigenvalue weighted by atomic mass is 9.78. The Morgan fingerprint density at radius 1 is 1.05 bits per heavy atom. The normalized spacial score (nSPS) is 23.7. The van der Waals surface area contributed by atoms with Gasteiger partial charge in [0.2, 0.25) is 0 Å². The average Bonchev–Trinajstić information content (AvgIpc) is 2.48. The maximum absolute atomic E-state index is 5.21. The van der Waals surface area contributed by atoms with Crippen LogP contribution in [0.25, 0.3) is 0 Å². The number of rotatable bonds is 5. The molecule has 0 bridgehead atoms. The van der Waals surface area contributed by atoms with E-state index in [1.54, 1.807) is 14.2 Å². The first-order chi connectivity index (χ1) is 9.33. The van der Waals surface area contributed by atoms with Crippen molar-refractivity contribution in [2.75, 3.05) is 20.8 Å². The highest BCUT2D eigenvalue weighted by Gasteiger charge is 2.20. The van der Waals surface area contributed by atoms with E-state index in [-0.39, 0.29) is 0 Å². The molecular weight excluding hydrogens is 236 g/mol. The zero-order valence-corrected chi connectivity index (χ0v) is 12.0. The number of hydrogen-bond acceptors (Lipinski definition) is 2. The van der Waals surface area contributed by atoms with Crippen molar-refractivity contribution in [1.82, 2.24) is 0 Å². The molecule has 19 heavy (non-hydrogen) atoms. The van der Waals surface area contributed by atoms with E-state index in [1.807, 2.05) is 0 Å². The van der Waals surface area contributed by atoms with Gasteiger partial charge in [0.1, 0.15) is 5.75 Å². The maximum Gasteiger partial charge on any atom is 0.118 e. The summed E-state index contributed by atoms with van der Waals surface area (Å²) in [7, 11) is 3.46. The minimum Gasteiger partial charge on any atom is -0.497 e. The van der Waals surface area contributed by atoms with Crippen LogP contribution in [0.3, 0.4) is 0 Å². The molecule has 0 aromatic heterocycles. The molecule has 0 atom stereocenters. The fourth-order valence-corrected chi connectivity index (χ4v) is 2.87. The first kappa shape index (κ1) is 14.1. The number of ether oxygens (including phenoxy) is 2. The maximum atomic E-state index is 5.21. The number of allylic oxidation sites excluding steroid dienone is 1. The van der Waals surface area contributed by atoms with Crippen LogP contribution >= 0.6 is 0 Å². The molecule has 0 N–H and O–H groups in total. The van der Waals surface area contributed by atoms with E-state index in [9.17, 15) is 0 Å². The van der Waals surface area contributed by atoms with Crippen LogP contribution in [0.5, 0.6) is 5.75 Å². The molecule has 0 aliphatic heterocycles. The Hall–Kier alpha value is -1.28. The van der Waals surface area contributed by atoms with Gasteiger partial charge in [-0.3, -0.25) is 0 Å². The quantitative estimate of drug-likeness (QED) is 0.740. The van der Waals surface area contributed by atoms with Crippen molar-refractivity contribution < 1.29 is 9.47 Å². The molecule has 2 nitrogen and oxygen atoms in total. The molecular formula is C17H24O2. The lowest BCUT2D eigenvalue weighted by Crippen LogP contribution is -2.11. The summed E-state index contributed by atoms with van der Waals surface area (Å²) >= 11 is 0. The van der Waals surface area contributed by atoms with E-state index in [1.165, 1.54) is 31.2 Å². The first-order valence-electron chi connectivity index (χ1n) is 7.13. The highest BCUT2D eigenvalue weighted by Crippen LogP contribution is 2.36. The predicted octanol–water partition coefficient (Wildman–Crippen LogP) is 4.17. The van der Waals surface area contributed by atoms with Gasteiger partial charge in [-0.25, -0.2) is 0 Å². The summed E-state index contributed by atoms with van der Waals surface area (Å²) in [4.78, 5) is 0. The molecule has 1 aliphatic rings. The topological polar surface area (TPSA) is 18.5 Å². The molecule has 0 spiro atoms. The molecule has 0 amide bonds. The van der Waals surface area contributed by atoms with Crippen LogP contribution in [-0.2, 0) is 4.74 Å². The summed E-state index contributed by atoms with van der Waals surface area (Å²) in [6.45, 7) is 0.735.